The summed E-state index contributed by atoms with van der Waals surface area (Å²) >= 11 is 3.22. The van der Waals surface area contributed by atoms with Crippen molar-refractivity contribution in [2.75, 3.05) is 0 Å². The molecule has 1 N–H and O–H groups in total. The first-order chi connectivity index (χ1) is 6.63. The summed E-state index contributed by atoms with van der Waals surface area (Å²) in [4.78, 5) is 10.6. The quantitative estimate of drug-likeness (QED) is 0.797. The number of hydrogen-bond acceptors (Lipinski definition) is 3. The third-order valence-electron chi connectivity index (χ3n) is 2.02. The topological polar surface area (TPSA) is 50.4 Å². The van der Waals surface area contributed by atoms with E-state index in [0.717, 1.165) is 11.1 Å². The van der Waals surface area contributed by atoms with Crippen LogP contribution in [0.15, 0.2) is 21.0 Å². The molecule has 0 aliphatic heterocycles. The molecule has 0 amide bonds. The van der Waals surface area contributed by atoms with Crippen LogP contribution in [0.3, 0.4) is 0 Å². The molecule has 0 atom stereocenters. The van der Waals surface area contributed by atoms with Crippen molar-refractivity contribution < 1.29 is 14.3 Å². The zero-order valence-corrected chi connectivity index (χ0v) is 8.96. The molecule has 0 unspecified atom stereocenters. The Hall–Kier alpha value is -1.29. The maximum absolute atomic E-state index is 10.6. The van der Waals surface area contributed by atoms with Gasteiger partial charge in [0, 0.05) is 5.39 Å². The van der Waals surface area contributed by atoms with Crippen LogP contribution in [0, 0.1) is 6.92 Å². The highest BCUT2D eigenvalue weighted by Gasteiger charge is 2.12. The number of phenols is 1. The minimum Gasteiger partial charge on any atom is -0.506 e. The van der Waals surface area contributed by atoms with E-state index >= 15 is 0 Å². The Balaban J connectivity index is 2.90. The van der Waals surface area contributed by atoms with Crippen LogP contribution in [0.4, 0.5) is 0 Å². The van der Waals surface area contributed by atoms with Gasteiger partial charge in [0.2, 0.25) is 0 Å². The van der Waals surface area contributed by atoms with Crippen molar-refractivity contribution >= 4 is 33.2 Å². The first-order valence-electron chi connectivity index (χ1n) is 4.00. The second kappa shape index (κ2) is 3.13. The number of carbonyl (C=O) groups excluding carboxylic acids is 1. The molecule has 4 heteroatoms. The number of halogens is 1. The van der Waals surface area contributed by atoms with E-state index in [4.69, 9.17) is 4.42 Å². The number of aryl methyl sites for hydroxylation is 1. The summed E-state index contributed by atoms with van der Waals surface area (Å²) in [6.07, 6.45) is 0.595. The summed E-state index contributed by atoms with van der Waals surface area (Å²) in [6.45, 7) is 1.81. The number of aldehydes is 1. The highest BCUT2D eigenvalue weighted by atomic mass is 79.9. The lowest BCUT2D eigenvalue weighted by molar-refractivity contribution is 0.112. The van der Waals surface area contributed by atoms with Gasteiger partial charge in [-0.25, -0.2) is 0 Å². The Morgan fingerprint density at radius 3 is 2.86 bits per heavy atom. The molecule has 2 rings (SSSR count). The van der Waals surface area contributed by atoms with E-state index in [0.29, 0.717) is 16.3 Å². The molecule has 2 aromatic rings. The number of phenolic OH excluding ortho intramolecular Hbond substituents is 1. The Morgan fingerprint density at radius 1 is 1.50 bits per heavy atom. The summed E-state index contributed by atoms with van der Waals surface area (Å²) in [6, 6.07) is 3.32. The molecule has 0 bridgehead atoms. The maximum atomic E-state index is 10.6. The van der Waals surface area contributed by atoms with Gasteiger partial charge in [0.1, 0.15) is 17.1 Å². The van der Waals surface area contributed by atoms with Crippen molar-refractivity contribution in [2.45, 2.75) is 6.92 Å². The standard InChI is InChI=1S/C10H7BrO3/c1-5-2-7-8(14-5)3-6(4-12)10(13)9(7)11/h2-4,13H,1H3. The fraction of sp³-hybridized carbons (Fsp3) is 0.100. The molecular formula is C10H7BrO3. The fourth-order valence-corrected chi connectivity index (χ4v) is 1.90. The Morgan fingerprint density at radius 2 is 2.21 bits per heavy atom. The molecule has 1 heterocycles. The zero-order chi connectivity index (χ0) is 10.3. The highest BCUT2D eigenvalue weighted by Crippen LogP contribution is 2.36. The molecule has 0 aliphatic rings. The molecule has 14 heavy (non-hydrogen) atoms. The summed E-state index contributed by atoms with van der Waals surface area (Å²) in [5.74, 6) is 0.691. The normalized spacial score (nSPS) is 10.7. The van der Waals surface area contributed by atoms with Crippen molar-refractivity contribution in [3.8, 4) is 5.75 Å². The molecule has 1 aromatic carbocycles. The molecule has 0 spiro atoms. The summed E-state index contributed by atoms with van der Waals surface area (Å²) < 4.78 is 5.84. The first-order valence-corrected chi connectivity index (χ1v) is 4.79. The van der Waals surface area contributed by atoms with Gasteiger partial charge < -0.3 is 9.52 Å². The fourth-order valence-electron chi connectivity index (χ4n) is 1.36. The van der Waals surface area contributed by atoms with E-state index in [1.165, 1.54) is 6.07 Å². The number of benzene rings is 1. The van der Waals surface area contributed by atoms with Gasteiger partial charge in [0.15, 0.2) is 6.29 Å². The maximum Gasteiger partial charge on any atom is 0.153 e. The Kier molecular flexibility index (Phi) is 2.07. The first kappa shape index (κ1) is 9.27. The van der Waals surface area contributed by atoms with E-state index in [-0.39, 0.29) is 11.3 Å². The molecule has 0 aliphatic carbocycles. The van der Waals surface area contributed by atoms with Gasteiger partial charge in [-0.1, -0.05) is 0 Å². The van der Waals surface area contributed by atoms with Crippen LogP contribution in [-0.4, -0.2) is 11.4 Å². The minimum atomic E-state index is -0.0479. The van der Waals surface area contributed by atoms with Crippen LogP contribution in [0.1, 0.15) is 16.1 Å². The van der Waals surface area contributed by atoms with Crippen LogP contribution < -0.4 is 0 Å². The van der Waals surface area contributed by atoms with Crippen LogP contribution in [0.5, 0.6) is 5.75 Å². The van der Waals surface area contributed by atoms with Crippen LogP contribution in [-0.2, 0) is 0 Å². The van der Waals surface area contributed by atoms with Gasteiger partial charge in [0.05, 0.1) is 10.0 Å². The number of hydrogen-bond donors (Lipinski definition) is 1. The highest BCUT2D eigenvalue weighted by molar-refractivity contribution is 9.10. The second-order valence-corrected chi connectivity index (χ2v) is 3.81. The molecule has 1 aromatic heterocycles. The predicted molar refractivity (Wildman–Crippen MR) is 55.7 cm³/mol. The Labute approximate surface area is 88.5 Å². The van der Waals surface area contributed by atoms with E-state index in [9.17, 15) is 9.90 Å². The molecular weight excluding hydrogens is 248 g/mol. The average Bonchev–Trinajstić information content (AvgIpc) is 2.52. The lowest BCUT2D eigenvalue weighted by Gasteiger charge is -2.00. The average molecular weight is 255 g/mol. The third kappa shape index (κ3) is 1.23. The molecule has 0 radical (unpaired) electrons. The lowest BCUT2D eigenvalue weighted by Crippen LogP contribution is -1.82. The van der Waals surface area contributed by atoms with Crippen molar-refractivity contribution in [3.63, 3.8) is 0 Å². The van der Waals surface area contributed by atoms with E-state index < -0.39 is 0 Å². The minimum absolute atomic E-state index is 0.0479. The lowest BCUT2D eigenvalue weighted by atomic mass is 10.1. The molecule has 0 saturated carbocycles. The predicted octanol–water partition coefficient (Wildman–Crippen LogP) is 3.02. The van der Waals surface area contributed by atoms with Gasteiger partial charge in [-0.05, 0) is 35.0 Å². The van der Waals surface area contributed by atoms with Gasteiger partial charge >= 0.3 is 0 Å². The SMILES string of the molecule is Cc1cc2c(Br)c(O)c(C=O)cc2o1. The van der Waals surface area contributed by atoms with E-state index in [1.807, 2.05) is 6.92 Å². The van der Waals surface area contributed by atoms with Crippen molar-refractivity contribution in [3.05, 3.63) is 27.9 Å². The number of furan rings is 1. The van der Waals surface area contributed by atoms with Crippen molar-refractivity contribution in [1.82, 2.24) is 0 Å². The largest absolute Gasteiger partial charge is 0.506 e. The van der Waals surface area contributed by atoms with Crippen LogP contribution >= 0.6 is 15.9 Å². The Bertz CT molecular complexity index is 514. The molecule has 3 nitrogen and oxygen atoms in total. The van der Waals surface area contributed by atoms with Crippen molar-refractivity contribution in [1.29, 1.82) is 0 Å². The monoisotopic (exact) mass is 254 g/mol. The van der Waals surface area contributed by atoms with E-state index in [1.54, 1.807) is 6.07 Å². The molecule has 0 saturated heterocycles. The number of rotatable bonds is 1. The smallest absolute Gasteiger partial charge is 0.153 e. The summed E-state index contributed by atoms with van der Waals surface area (Å²) in [5.41, 5.74) is 0.813. The number of fused-ring (bicyclic) bond motifs is 1. The molecule has 0 fully saturated rings. The second-order valence-electron chi connectivity index (χ2n) is 3.02. The molecule has 72 valence electrons. The van der Waals surface area contributed by atoms with Gasteiger partial charge in [0.25, 0.3) is 0 Å². The summed E-state index contributed by atoms with van der Waals surface area (Å²) in [7, 11) is 0. The van der Waals surface area contributed by atoms with Gasteiger partial charge in [-0.3, -0.25) is 4.79 Å². The number of aromatic hydroxyl groups is 1. The van der Waals surface area contributed by atoms with Crippen molar-refractivity contribution in [2.24, 2.45) is 0 Å². The van der Waals surface area contributed by atoms with E-state index in [2.05, 4.69) is 15.9 Å². The van der Waals surface area contributed by atoms with Gasteiger partial charge in [-0.15, -0.1) is 0 Å². The summed E-state index contributed by atoms with van der Waals surface area (Å²) in [5, 5.41) is 10.4. The third-order valence-corrected chi connectivity index (χ3v) is 2.82. The zero-order valence-electron chi connectivity index (χ0n) is 7.37. The van der Waals surface area contributed by atoms with Crippen LogP contribution in [0.25, 0.3) is 11.0 Å². The van der Waals surface area contributed by atoms with Crippen LogP contribution in [0.2, 0.25) is 0 Å². The number of carbonyl (C=O) groups is 1. The van der Waals surface area contributed by atoms with Gasteiger partial charge in [-0.2, -0.15) is 0 Å².